The predicted molar refractivity (Wildman–Crippen MR) is 198 cm³/mol. The fourth-order valence-electron chi connectivity index (χ4n) is 6.03. The topological polar surface area (TPSA) is 3.24 Å². The monoisotopic (exact) mass is 657 g/mol. The summed E-state index contributed by atoms with van der Waals surface area (Å²) in [4.78, 5) is 2.36. The second kappa shape index (κ2) is 11.9. The maximum absolute atomic E-state index is 3.53. The maximum atomic E-state index is 3.53. The highest BCUT2D eigenvalue weighted by Crippen LogP contribution is 2.41. The highest BCUT2D eigenvalue weighted by molar-refractivity contribution is 9.10. The largest absolute Gasteiger partial charge is 0.310 e. The molecule has 3 heteroatoms. The van der Waals surface area contributed by atoms with E-state index in [1.165, 1.54) is 53.6 Å². The van der Waals surface area contributed by atoms with Crippen LogP contribution in [0.15, 0.2) is 174 Å². The van der Waals surface area contributed by atoms with Gasteiger partial charge < -0.3 is 4.90 Å². The first kappa shape index (κ1) is 27.6. The lowest BCUT2D eigenvalue weighted by Crippen LogP contribution is -2.09. The van der Waals surface area contributed by atoms with Gasteiger partial charge in [-0.05, 0) is 88.0 Å². The second-order valence-electron chi connectivity index (χ2n) is 11.2. The molecule has 0 saturated heterocycles. The normalized spacial score (nSPS) is 11.2. The van der Waals surface area contributed by atoms with Crippen LogP contribution in [-0.2, 0) is 0 Å². The molecule has 1 aromatic heterocycles. The zero-order chi connectivity index (χ0) is 30.2. The Morgan fingerprint density at radius 2 is 0.778 bits per heavy atom. The van der Waals surface area contributed by atoms with Crippen molar-refractivity contribution in [2.24, 2.45) is 0 Å². The minimum absolute atomic E-state index is 1.09. The standard InChI is InChI=1S/C42H28BrNS/c43-35-20-14-32(15-21-35)30-10-12-31(13-11-30)34-18-24-37(25-19-34)44(36-22-16-33(17-23-36)29-6-2-1-3-7-29)38-26-27-40-39-8-4-5-9-41(39)45-42(40)28-38/h1-28H. The SMILES string of the molecule is Brc1ccc(-c2ccc(-c3ccc(N(c4ccc(-c5ccccc5)cc4)c4ccc5c(c4)sc4ccccc45)cc3)cc2)cc1. The Balaban J connectivity index is 1.16. The third kappa shape index (κ3) is 5.46. The summed E-state index contributed by atoms with van der Waals surface area (Å²) in [5.41, 5.74) is 10.6. The second-order valence-corrected chi connectivity index (χ2v) is 13.2. The van der Waals surface area contributed by atoms with Crippen molar-refractivity contribution in [1.82, 2.24) is 0 Å². The van der Waals surface area contributed by atoms with E-state index in [1.54, 1.807) is 0 Å². The molecule has 8 aromatic rings. The Bertz CT molecular complexity index is 2230. The average Bonchev–Trinajstić information content (AvgIpc) is 3.48. The Morgan fingerprint density at radius 3 is 1.36 bits per heavy atom. The zero-order valence-electron chi connectivity index (χ0n) is 24.4. The number of halogens is 1. The van der Waals surface area contributed by atoms with Gasteiger partial charge in [-0.1, -0.05) is 131 Å². The first-order valence-electron chi connectivity index (χ1n) is 15.0. The maximum Gasteiger partial charge on any atom is 0.0476 e. The van der Waals surface area contributed by atoms with Gasteiger partial charge >= 0.3 is 0 Å². The van der Waals surface area contributed by atoms with E-state index in [0.29, 0.717) is 0 Å². The number of nitrogens with zero attached hydrogens (tertiary/aromatic N) is 1. The third-order valence-electron chi connectivity index (χ3n) is 8.37. The van der Waals surface area contributed by atoms with Crippen molar-refractivity contribution in [1.29, 1.82) is 0 Å². The number of hydrogen-bond donors (Lipinski definition) is 0. The number of fused-ring (bicyclic) bond motifs is 3. The summed E-state index contributed by atoms with van der Waals surface area (Å²) in [6.07, 6.45) is 0. The lowest BCUT2D eigenvalue weighted by Gasteiger charge is -2.26. The van der Waals surface area contributed by atoms with Crippen LogP contribution in [0.3, 0.4) is 0 Å². The molecule has 0 aliphatic heterocycles. The Hall–Kier alpha value is -4.96. The van der Waals surface area contributed by atoms with Crippen molar-refractivity contribution in [3.63, 3.8) is 0 Å². The average molecular weight is 659 g/mol. The molecule has 0 N–H and O–H groups in total. The molecule has 0 atom stereocenters. The summed E-state index contributed by atoms with van der Waals surface area (Å²) < 4.78 is 3.70. The Morgan fingerprint density at radius 1 is 0.356 bits per heavy atom. The van der Waals surface area contributed by atoms with Gasteiger partial charge in [0.2, 0.25) is 0 Å². The molecule has 214 valence electrons. The van der Waals surface area contributed by atoms with Crippen LogP contribution in [-0.4, -0.2) is 0 Å². The molecule has 0 radical (unpaired) electrons. The number of anilines is 3. The predicted octanol–water partition coefficient (Wildman–Crippen LogP) is 13.3. The van der Waals surface area contributed by atoms with E-state index in [1.807, 2.05) is 11.3 Å². The molecular weight excluding hydrogens is 630 g/mol. The lowest BCUT2D eigenvalue weighted by atomic mass is 10.00. The van der Waals surface area contributed by atoms with Crippen molar-refractivity contribution >= 4 is 64.5 Å². The number of benzene rings is 7. The molecular formula is C42H28BrNS. The van der Waals surface area contributed by atoms with Crippen molar-refractivity contribution in [3.05, 3.63) is 174 Å². The summed E-state index contributed by atoms with van der Waals surface area (Å²) >= 11 is 5.39. The van der Waals surface area contributed by atoms with E-state index in [4.69, 9.17) is 0 Å². The van der Waals surface area contributed by atoms with Crippen LogP contribution < -0.4 is 4.90 Å². The van der Waals surface area contributed by atoms with Crippen molar-refractivity contribution in [3.8, 4) is 33.4 Å². The molecule has 0 fully saturated rings. The van der Waals surface area contributed by atoms with Crippen molar-refractivity contribution in [2.75, 3.05) is 4.90 Å². The van der Waals surface area contributed by atoms with Crippen LogP contribution in [0.1, 0.15) is 0 Å². The van der Waals surface area contributed by atoms with E-state index >= 15 is 0 Å². The number of thiophene rings is 1. The lowest BCUT2D eigenvalue weighted by molar-refractivity contribution is 1.29. The summed E-state index contributed by atoms with van der Waals surface area (Å²) in [5, 5.41) is 2.62. The van der Waals surface area contributed by atoms with Gasteiger partial charge in [0.25, 0.3) is 0 Å². The minimum atomic E-state index is 1.09. The Kier molecular flexibility index (Phi) is 7.26. The molecule has 0 bridgehead atoms. The molecule has 0 amide bonds. The molecule has 8 rings (SSSR count). The first-order valence-corrected chi connectivity index (χ1v) is 16.6. The van der Waals surface area contributed by atoms with Gasteiger partial charge in [-0.2, -0.15) is 0 Å². The van der Waals surface area contributed by atoms with Crippen molar-refractivity contribution in [2.45, 2.75) is 0 Å². The number of hydrogen-bond acceptors (Lipinski definition) is 2. The highest BCUT2D eigenvalue weighted by atomic mass is 79.9. The third-order valence-corrected chi connectivity index (χ3v) is 10.0. The molecule has 0 saturated carbocycles. The van der Waals surface area contributed by atoms with E-state index in [-0.39, 0.29) is 0 Å². The van der Waals surface area contributed by atoms with Gasteiger partial charge in [0.1, 0.15) is 0 Å². The molecule has 0 aliphatic rings. The Labute approximate surface area is 275 Å². The fraction of sp³-hybridized carbons (Fsp3) is 0. The molecule has 1 nitrogen and oxygen atoms in total. The fourth-order valence-corrected chi connectivity index (χ4v) is 7.44. The van der Waals surface area contributed by atoms with Crippen LogP contribution in [0.5, 0.6) is 0 Å². The molecule has 45 heavy (non-hydrogen) atoms. The summed E-state index contributed by atoms with van der Waals surface area (Å²) in [5.74, 6) is 0. The van der Waals surface area contributed by atoms with Gasteiger partial charge in [0.15, 0.2) is 0 Å². The highest BCUT2D eigenvalue weighted by Gasteiger charge is 2.15. The van der Waals surface area contributed by atoms with Gasteiger partial charge in [-0.25, -0.2) is 0 Å². The summed E-state index contributed by atoms with van der Waals surface area (Å²) in [6, 6.07) is 61.2. The van der Waals surface area contributed by atoms with Crippen LogP contribution in [0, 0.1) is 0 Å². The molecule has 1 heterocycles. The number of rotatable bonds is 6. The molecule has 7 aromatic carbocycles. The summed E-state index contributed by atoms with van der Waals surface area (Å²) in [6.45, 7) is 0. The van der Waals surface area contributed by atoms with Gasteiger partial charge in [-0.3, -0.25) is 0 Å². The van der Waals surface area contributed by atoms with E-state index in [2.05, 4.69) is 191 Å². The minimum Gasteiger partial charge on any atom is -0.310 e. The van der Waals surface area contributed by atoms with Crippen LogP contribution in [0.25, 0.3) is 53.6 Å². The smallest absolute Gasteiger partial charge is 0.0476 e. The molecule has 0 unspecified atom stereocenters. The van der Waals surface area contributed by atoms with E-state index < -0.39 is 0 Å². The van der Waals surface area contributed by atoms with E-state index in [0.717, 1.165) is 21.5 Å². The van der Waals surface area contributed by atoms with Gasteiger partial charge in [-0.15, -0.1) is 11.3 Å². The van der Waals surface area contributed by atoms with E-state index in [9.17, 15) is 0 Å². The van der Waals surface area contributed by atoms with Gasteiger partial charge in [0, 0.05) is 41.7 Å². The van der Waals surface area contributed by atoms with Crippen LogP contribution in [0.4, 0.5) is 17.1 Å². The summed E-state index contributed by atoms with van der Waals surface area (Å²) in [7, 11) is 0. The van der Waals surface area contributed by atoms with Crippen molar-refractivity contribution < 1.29 is 0 Å². The molecule has 0 spiro atoms. The van der Waals surface area contributed by atoms with Crippen LogP contribution >= 0.6 is 27.3 Å². The zero-order valence-corrected chi connectivity index (χ0v) is 26.8. The molecule has 0 aliphatic carbocycles. The quantitative estimate of drug-likeness (QED) is 0.172. The first-order chi connectivity index (χ1) is 22.2. The van der Waals surface area contributed by atoms with Gasteiger partial charge in [0.05, 0.1) is 0 Å². The van der Waals surface area contributed by atoms with Crippen LogP contribution in [0.2, 0.25) is 0 Å².